The first-order valence-electron chi connectivity index (χ1n) is 3.13. The molecule has 0 unspecified atom stereocenters. The molecule has 4 heteroatoms. The Morgan fingerprint density at radius 3 is 3.09 bits per heavy atom. The number of hydrogen-bond acceptors (Lipinski definition) is 3. The molecule has 0 aliphatic rings. The fraction of sp³-hybridized carbons (Fsp3) is 0. The van der Waals surface area contributed by atoms with Gasteiger partial charge < -0.3 is 10.7 Å². The summed E-state index contributed by atoms with van der Waals surface area (Å²) in [6.45, 7) is 0. The summed E-state index contributed by atoms with van der Waals surface area (Å²) < 4.78 is 0.869. The first-order valence-corrected chi connectivity index (χ1v) is 4.01. The number of anilines is 1. The molecule has 0 saturated heterocycles. The molecule has 2 aromatic rings. The van der Waals surface area contributed by atoms with Crippen LogP contribution in [0.3, 0.4) is 0 Å². The molecule has 0 aromatic carbocycles. The van der Waals surface area contributed by atoms with E-state index in [4.69, 9.17) is 5.73 Å². The Morgan fingerprint density at radius 1 is 1.55 bits per heavy atom. The SMILES string of the molecule is Nc1c[nH]c(=O)c2ccsc12. The minimum Gasteiger partial charge on any atom is -0.396 e. The zero-order valence-electron chi connectivity index (χ0n) is 5.63. The van der Waals surface area contributed by atoms with Gasteiger partial charge in [-0.05, 0) is 11.4 Å². The van der Waals surface area contributed by atoms with E-state index < -0.39 is 0 Å². The molecular formula is C7H6N2OS. The maximum atomic E-state index is 11.1. The van der Waals surface area contributed by atoms with E-state index in [1.807, 2.05) is 5.38 Å². The molecule has 0 aliphatic heterocycles. The Labute approximate surface area is 66.5 Å². The van der Waals surface area contributed by atoms with Gasteiger partial charge >= 0.3 is 0 Å². The molecule has 0 amide bonds. The largest absolute Gasteiger partial charge is 0.396 e. The second kappa shape index (κ2) is 2.10. The third-order valence-corrected chi connectivity index (χ3v) is 2.49. The summed E-state index contributed by atoms with van der Waals surface area (Å²) in [5.41, 5.74) is 6.17. The van der Waals surface area contributed by atoms with E-state index in [-0.39, 0.29) is 5.56 Å². The summed E-state index contributed by atoms with van der Waals surface area (Å²) in [5, 5.41) is 2.53. The van der Waals surface area contributed by atoms with Crippen molar-refractivity contribution in [2.75, 3.05) is 5.73 Å². The van der Waals surface area contributed by atoms with E-state index in [1.165, 1.54) is 17.5 Å². The smallest absolute Gasteiger partial charge is 0.256 e. The van der Waals surface area contributed by atoms with Gasteiger partial charge in [-0.3, -0.25) is 4.79 Å². The minimum atomic E-state index is -0.0737. The van der Waals surface area contributed by atoms with Gasteiger partial charge in [0.15, 0.2) is 0 Å². The molecule has 0 fully saturated rings. The summed E-state index contributed by atoms with van der Waals surface area (Å²) >= 11 is 1.48. The van der Waals surface area contributed by atoms with E-state index >= 15 is 0 Å². The van der Waals surface area contributed by atoms with Gasteiger partial charge in [0.1, 0.15) is 0 Å². The Kier molecular flexibility index (Phi) is 1.22. The topological polar surface area (TPSA) is 58.9 Å². The average molecular weight is 166 g/mol. The Balaban J connectivity index is 3.08. The molecule has 0 spiro atoms. The van der Waals surface area contributed by atoms with Crippen molar-refractivity contribution in [3.8, 4) is 0 Å². The van der Waals surface area contributed by atoms with E-state index in [9.17, 15) is 4.79 Å². The zero-order valence-corrected chi connectivity index (χ0v) is 6.44. The lowest BCUT2D eigenvalue weighted by atomic mass is 10.3. The van der Waals surface area contributed by atoms with Gasteiger partial charge in [0.2, 0.25) is 0 Å². The summed E-state index contributed by atoms with van der Waals surface area (Å²) in [6, 6.07) is 1.77. The number of nitrogens with two attached hydrogens (primary N) is 1. The Morgan fingerprint density at radius 2 is 2.36 bits per heavy atom. The number of nitrogen functional groups attached to an aromatic ring is 1. The fourth-order valence-electron chi connectivity index (χ4n) is 0.998. The molecule has 3 N–H and O–H groups in total. The molecule has 3 nitrogen and oxygen atoms in total. The quantitative estimate of drug-likeness (QED) is 0.617. The van der Waals surface area contributed by atoms with Gasteiger partial charge in [0.25, 0.3) is 5.56 Å². The predicted octanol–water partition coefficient (Wildman–Crippen LogP) is 1.17. The lowest BCUT2D eigenvalue weighted by Gasteiger charge is -1.92. The van der Waals surface area contributed by atoms with Crippen LogP contribution in [-0.2, 0) is 0 Å². The number of aromatic nitrogens is 1. The van der Waals surface area contributed by atoms with Gasteiger partial charge in [-0.15, -0.1) is 11.3 Å². The van der Waals surface area contributed by atoms with Crippen LogP contribution in [0.25, 0.3) is 10.1 Å². The second-order valence-corrected chi connectivity index (χ2v) is 3.15. The van der Waals surface area contributed by atoms with Crippen LogP contribution in [0.4, 0.5) is 5.69 Å². The van der Waals surface area contributed by atoms with Crippen LogP contribution in [0.1, 0.15) is 0 Å². The van der Waals surface area contributed by atoms with Gasteiger partial charge in [0, 0.05) is 6.20 Å². The Hall–Kier alpha value is -1.29. The normalized spacial score (nSPS) is 10.5. The van der Waals surface area contributed by atoms with Gasteiger partial charge in [-0.2, -0.15) is 0 Å². The monoisotopic (exact) mass is 166 g/mol. The van der Waals surface area contributed by atoms with Crippen molar-refractivity contribution in [1.29, 1.82) is 0 Å². The molecule has 0 radical (unpaired) electrons. The van der Waals surface area contributed by atoms with Crippen LogP contribution < -0.4 is 11.3 Å². The zero-order chi connectivity index (χ0) is 7.84. The van der Waals surface area contributed by atoms with Crippen molar-refractivity contribution in [1.82, 2.24) is 4.98 Å². The van der Waals surface area contributed by atoms with Crippen molar-refractivity contribution in [3.63, 3.8) is 0 Å². The van der Waals surface area contributed by atoms with Crippen molar-refractivity contribution >= 4 is 27.1 Å². The van der Waals surface area contributed by atoms with Crippen LogP contribution in [0.15, 0.2) is 22.4 Å². The molecular weight excluding hydrogens is 160 g/mol. The van der Waals surface area contributed by atoms with Crippen LogP contribution >= 0.6 is 11.3 Å². The summed E-state index contributed by atoms with van der Waals surface area (Å²) in [5.74, 6) is 0. The summed E-state index contributed by atoms with van der Waals surface area (Å²) in [7, 11) is 0. The first-order chi connectivity index (χ1) is 5.29. The number of thiophene rings is 1. The van der Waals surface area contributed by atoms with E-state index in [1.54, 1.807) is 6.07 Å². The van der Waals surface area contributed by atoms with Crippen molar-refractivity contribution in [2.24, 2.45) is 0 Å². The number of aromatic amines is 1. The highest BCUT2D eigenvalue weighted by atomic mass is 32.1. The number of hydrogen-bond donors (Lipinski definition) is 2. The lowest BCUT2D eigenvalue weighted by molar-refractivity contribution is 1.28. The fourth-order valence-corrected chi connectivity index (χ4v) is 1.82. The van der Waals surface area contributed by atoms with E-state index in [0.29, 0.717) is 11.1 Å². The highest BCUT2D eigenvalue weighted by molar-refractivity contribution is 7.17. The highest BCUT2D eigenvalue weighted by Gasteiger charge is 2.01. The molecule has 11 heavy (non-hydrogen) atoms. The lowest BCUT2D eigenvalue weighted by Crippen LogP contribution is -2.04. The van der Waals surface area contributed by atoms with Crippen molar-refractivity contribution in [2.45, 2.75) is 0 Å². The maximum Gasteiger partial charge on any atom is 0.256 e. The maximum absolute atomic E-state index is 11.1. The summed E-state index contributed by atoms with van der Waals surface area (Å²) in [4.78, 5) is 13.6. The molecule has 0 atom stereocenters. The third kappa shape index (κ3) is 0.832. The van der Waals surface area contributed by atoms with Crippen molar-refractivity contribution in [3.05, 3.63) is 28.0 Å². The van der Waals surface area contributed by atoms with Crippen LogP contribution in [-0.4, -0.2) is 4.98 Å². The highest BCUT2D eigenvalue weighted by Crippen LogP contribution is 2.22. The molecule has 0 bridgehead atoms. The van der Waals surface area contributed by atoms with E-state index in [2.05, 4.69) is 4.98 Å². The Bertz CT molecular complexity index is 443. The molecule has 2 rings (SSSR count). The van der Waals surface area contributed by atoms with Crippen LogP contribution in [0.5, 0.6) is 0 Å². The van der Waals surface area contributed by atoms with E-state index in [0.717, 1.165) is 4.70 Å². The molecule has 2 heterocycles. The van der Waals surface area contributed by atoms with Crippen LogP contribution in [0, 0.1) is 0 Å². The number of nitrogens with one attached hydrogen (secondary N) is 1. The standard InChI is InChI=1S/C7H6N2OS/c8-5-3-9-7(10)4-1-2-11-6(4)5/h1-3H,8H2,(H,9,10). The third-order valence-electron chi connectivity index (χ3n) is 1.53. The first kappa shape index (κ1) is 6.42. The van der Waals surface area contributed by atoms with Crippen molar-refractivity contribution < 1.29 is 0 Å². The van der Waals surface area contributed by atoms with Crippen LogP contribution in [0.2, 0.25) is 0 Å². The number of rotatable bonds is 0. The number of pyridine rings is 1. The van der Waals surface area contributed by atoms with Gasteiger partial charge in [-0.25, -0.2) is 0 Å². The minimum absolute atomic E-state index is 0.0737. The molecule has 0 saturated carbocycles. The predicted molar refractivity (Wildman–Crippen MR) is 46.9 cm³/mol. The number of H-pyrrole nitrogens is 1. The average Bonchev–Trinajstić information content (AvgIpc) is 2.45. The van der Waals surface area contributed by atoms with Gasteiger partial charge in [0.05, 0.1) is 15.8 Å². The molecule has 0 aliphatic carbocycles. The molecule has 56 valence electrons. The summed E-state index contributed by atoms with van der Waals surface area (Å²) in [6.07, 6.45) is 1.53. The second-order valence-electron chi connectivity index (χ2n) is 2.24. The number of fused-ring (bicyclic) bond motifs is 1. The molecule has 2 aromatic heterocycles. The van der Waals surface area contributed by atoms with Gasteiger partial charge in [-0.1, -0.05) is 0 Å².